The van der Waals surface area contributed by atoms with Crippen LogP contribution in [0.25, 0.3) is 0 Å². The first-order valence-electron chi connectivity index (χ1n) is 11.4. The lowest BCUT2D eigenvalue weighted by atomic mass is 10.0. The van der Waals surface area contributed by atoms with Gasteiger partial charge in [0.15, 0.2) is 11.6 Å². The molecule has 0 spiro atoms. The molecule has 1 fully saturated rings. The quantitative estimate of drug-likeness (QED) is 0.518. The molecular formula is C27H26F3N3O2. The maximum atomic E-state index is 13.9. The molecule has 0 radical (unpaired) electrons. The highest BCUT2D eigenvalue weighted by atomic mass is 19.2. The number of carbonyl (C=O) groups excluding carboxylic acids is 2. The molecule has 0 atom stereocenters. The fourth-order valence-electron chi connectivity index (χ4n) is 4.13. The Bertz CT molecular complexity index is 1240. The Morgan fingerprint density at radius 3 is 2.34 bits per heavy atom. The van der Waals surface area contributed by atoms with Crippen molar-refractivity contribution >= 4 is 17.5 Å². The second kappa shape index (κ2) is 10.7. The van der Waals surface area contributed by atoms with Gasteiger partial charge in [-0.1, -0.05) is 24.3 Å². The van der Waals surface area contributed by atoms with Crippen LogP contribution in [0.2, 0.25) is 0 Å². The minimum atomic E-state index is -0.860. The van der Waals surface area contributed by atoms with Gasteiger partial charge in [-0.25, -0.2) is 13.2 Å². The minimum absolute atomic E-state index is 0.0264. The van der Waals surface area contributed by atoms with Gasteiger partial charge in [-0.05, 0) is 67.3 Å². The number of hydrogen-bond donors (Lipinski definition) is 2. The van der Waals surface area contributed by atoms with E-state index in [0.29, 0.717) is 36.4 Å². The van der Waals surface area contributed by atoms with Crippen molar-refractivity contribution in [3.05, 3.63) is 100 Å². The average Bonchev–Trinajstić information content (AvgIpc) is 2.84. The number of nitrogens with one attached hydrogen (secondary N) is 2. The van der Waals surface area contributed by atoms with Gasteiger partial charge in [0.05, 0.1) is 5.56 Å². The fourth-order valence-corrected chi connectivity index (χ4v) is 4.13. The Balaban J connectivity index is 1.33. The summed E-state index contributed by atoms with van der Waals surface area (Å²) in [6.07, 6.45) is 1.44. The molecule has 1 saturated heterocycles. The summed E-state index contributed by atoms with van der Waals surface area (Å²) in [5.74, 6) is -3.18. The Morgan fingerprint density at radius 1 is 0.886 bits per heavy atom. The zero-order valence-corrected chi connectivity index (χ0v) is 19.3. The van der Waals surface area contributed by atoms with Crippen LogP contribution in [0.1, 0.15) is 44.7 Å². The van der Waals surface area contributed by atoms with E-state index >= 15 is 0 Å². The first-order valence-corrected chi connectivity index (χ1v) is 11.4. The SMILES string of the molecule is Cc1ccc(C(=O)NC2CCN(Cc3ccc(F)c(F)c3)CC2)cc1NC(=O)c1ccccc1F. The Hall–Kier alpha value is -3.65. The topological polar surface area (TPSA) is 61.4 Å². The molecule has 1 heterocycles. The van der Waals surface area contributed by atoms with Gasteiger partial charge in [-0.15, -0.1) is 0 Å². The number of hydrogen-bond acceptors (Lipinski definition) is 3. The minimum Gasteiger partial charge on any atom is -0.349 e. The van der Waals surface area contributed by atoms with Gasteiger partial charge in [-0.3, -0.25) is 14.5 Å². The van der Waals surface area contributed by atoms with Crippen LogP contribution in [-0.2, 0) is 6.54 Å². The molecule has 0 bridgehead atoms. The highest BCUT2D eigenvalue weighted by Crippen LogP contribution is 2.20. The third-order valence-corrected chi connectivity index (χ3v) is 6.18. The smallest absolute Gasteiger partial charge is 0.258 e. The zero-order valence-electron chi connectivity index (χ0n) is 19.3. The first kappa shape index (κ1) is 24.5. The molecule has 0 aliphatic carbocycles. The first-order chi connectivity index (χ1) is 16.8. The van der Waals surface area contributed by atoms with E-state index in [0.717, 1.165) is 24.5 Å². The third-order valence-electron chi connectivity index (χ3n) is 6.18. The number of piperidine rings is 1. The van der Waals surface area contributed by atoms with Gasteiger partial charge in [-0.2, -0.15) is 0 Å². The summed E-state index contributed by atoms with van der Waals surface area (Å²) >= 11 is 0. The standard InChI is InChI=1S/C27H26F3N3O2/c1-17-6-8-19(15-25(17)32-27(35)21-4-2-3-5-22(21)28)26(34)31-20-10-12-33(13-11-20)16-18-7-9-23(29)24(30)14-18/h2-9,14-15,20H,10-13,16H2,1H3,(H,31,34)(H,32,35). The Morgan fingerprint density at radius 2 is 1.63 bits per heavy atom. The van der Waals surface area contributed by atoms with E-state index < -0.39 is 23.4 Å². The van der Waals surface area contributed by atoms with Crippen molar-refractivity contribution in [3.63, 3.8) is 0 Å². The predicted octanol–water partition coefficient (Wildman–Crippen LogP) is 5.06. The molecule has 3 aromatic rings. The summed E-state index contributed by atoms with van der Waals surface area (Å²) in [6, 6.07) is 14.6. The van der Waals surface area contributed by atoms with E-state index in [-0.39, 0.29) is 17.5 Å². The summed E-state index contributed by atoms with van der Waals surface area (Å²) < 4.78 is 40.5. The summed E-state index contributed by atoms with van der Waals surface area (Å²) in [6.45, 7) is 3.73. The molecule has 0 aromatic heterocycles. The van der Waals surface area contributed by atoms with Crippen molar-refractivity contribution in [2.45, 2.75) is 32.4 Å². The fraction of sp³-hybridized carbons (Fsp3) is 0.259. The van der Waals surface area contributed by atoms with E-state index in [2.05, 4.69) is 15.5 Å². The van der Waals surface area contributed by atoms with Gasteiger partial charge in [0.25, 0.3) is 11.8 Å². The van der Waals surface area contributed by atoms with Gasteiger partial charge in [0.2, 0.25) is 0 Å². The molecular weight excluding hydrogens is 455 g/mol. The van der Waals surface area contributed by atoms with Crippen LogP contribution in [0.4, 0.5) is 18.9 Å². The maximum absolute atomic E-state index is 13.9. The number of halogens is 3. The van der Waals surface area contributed by atoms with Crippen LogP contribution in [0.3, 0.4) is 0 Å². The van der Waals surface area contributed by atoms with Crippen LogP contribution in [0, 0.1) is 24.4 Å². The second-order valence-electron chi connectivity index (χ2n) is 8.74. The second-order valence-corrected chi connectivity index (χ2v) is 8.74. The molecule has 1 aliphatic rings. The van der Waals surface area contributed by atoms with E-state index in [1.165, 1.54) is 24.3 Å². The van der Waals surface area contributed by atoms with Crippen molar-refractivity contribution in [2.75, 3.05) is 18.4 Å². The molecule has 2 N–H and O–H groups in total. The Labute approximate surface area is 202 Å². The lowest BCUT2D eigenvalue weighted by Gasteiger charge is -2.32. The van der Waals surface area contributed by atoms with Crippen LogP contribution in [-0.4, -0.2) is 35.8 Å². The van der Waals surface area contributed by atoms with E-state index in [1.54, 1.807) is 37.3 Å². The number of benzene rings is 3. The van der Waals surface area contributed by atoms with E-state index in [9.17, 15) is 22.8 Å². The van der Waals surface area contributed by atoms with Gasteiger partial charge < -0.3 is 10.6 Å². The molecule has 3 aromatic carbocycles. The molecule has 4 rings (SSSR count). The van der Waals surface area contributed by atoms with Crippen LogP contribution in [0.15, 0.2) is 60.7 Å². The van der Waals surface area contributed by atoms with E-state index in [1.807, 2.05) is 0 Å². The van der Waals surface area contributed by atoms with Crippen molar-refractivity contribution in [2.24, 2.45) is 0 Å². The highest BCUT2D eigenvalue weighted by molar-refractivity contribution is 6.05. The van der Waals surface area contributed by atoms with Crippen LogP contribution >= 0.6 is 0 Å². The highest BCUT2D eigenvalue weighted by Gasteiger charge is 2.22. The van der Waals surface area contributed by atoms with Crippen molar-refractivity contribution in [1.29, 1.82) is 0 Å². The summed E-state index contributed by atoms with van der Waals surface area (Å²) in [7, 11) is 0. The monoisotopic (exact) mass is 481 g/mol. The molecule has 182 valence electrons. The number of amides is 2. The summed E-state index contributed by atoms with van der Waals surface area (Å²) in [4.78, 5) is 27.5. The molecule has 5 nitrogen and oxygen atoms in total. The lowest BCUT2D eigenvalue weighted by Crippen LogP contribution is -2.44. The Kier molecular flexibility index (Phi) is 7.51. The molecule has 0 saturated carbocycles. The molecule has 1 aliphatic heterocycles. The third kappa shape index (κ3) is 6.08. The number of likely N-dealkylation sites (tertiary alicyclic amines) is 1. The number of rotatable bonds is 6. The van der Waals surface area contributed by atoms with Crippen LogP contribution in [0.5, 0.6) is 0 Å². The van der Waals surface area contributed by atoms with Crippen molar-refractivity contribution < 1.29 is 22.8 Å². The van der Waals surface area contributed by atoms with Gasteiger partial charge in [0, 0.05) is 36.9 Å². The van der Waals surface area contributed by atoms with Gasteiger partial charge in [0.1, 0.15) is 5.82 Å². The van der Waals surface area contributed by atoms with Crippen LogP contribution < -0.4 is 10.6 Å². The maximum Gasteiger partial charge on any atom is 0.258 e. The molecule has 2 amide bonds. The lowest BCUT2D eigenvalue weighted by molar-refractivity contribution is 0.0908. The normalized spacial score (nSPS) is 14.5. The number of anilines is 1. The predicted molar refractivity (Wildman–Crippen MR) is 128 cm³/mol. The van der Waals surface area contributed by atoms with Crippen molar-refractivity contribution in [1.82, 2.24) is 10.2 Å². The zero-order chi connectivity index (χ0) is 24.9. The molecule has 8 heteroatoms. The summed E-state index contributed by atoms with van der Waals surface area (Å²) in [5, 5.41) is 5.72. The average molecular weight is 482 g/mol. The molecule has 0 unspecified atom stereocenters. The van der Waals surface area contributed by atoms with E-state index in [4.69, 9.17) is 0 Å². The number of carbonyl (C=O) groups is 2. The largest absolute Gasteiger partial charge is 0.349 e. The molecule has 35 heavy (non-hydrogen) atoms. The number of aryl methyl sites for hydroxylation is 1. The summed E-state index contributed by atoms with van der Waals surface area (Å²) in [5.41, 5.74) is 2.21. The number of nitrogens with zero attached hydrogens (tertiary/aromatic N) is 1. The van der Waals surface area contributed by atoms with Gasteiger partial charge >= 0.3 is 0 Å². The van der Waals surface area contributed by atoms with Crippen molar-refractivity contribution in [3.8, 4) is 0 Å².